The Balaban J connectivity index is 2.57. The molecule has 0 fully saturated rings. The number of aliphatic carboxylic acids is 1. The first kappa shape index (κ1) is 17.1. The lowest BCUT2D eigenvalue weighted by atomic mass is 10.2. The molecule has 8 heteroatoms. The first-order valence-electron chi connectivity index (χ1n) is 6.11. The fourth-order valence-electron chi connectivity index (χ4n) is 1.60. The van der Waals surface area contributed by atoms with Gasteiger partial charge in [-0.2, -0.15) is 0 Å². The SMILES string of the molecule is COc1cc(CNC(=O)NCCC(=O)O)cc(Br)c1OC. The van der Waals surface area contributed by atoms with E-state index in [1.807, 2.05) is 0 Å². The quantitative estimate of drug-likeness (QED) is 0.688. The summed E-state index contributed by atoms with van der Waals surface area (Å²) >= 11 is 3.37. The molecule has 0 aliphatic carbocycles. The molecule has 0 aliphatic rings. The molecule has 7 nitrogen and oxygen atoms in total. The predicted octanol–water partition coefficient (Wildman–Crippen LogP) is 1.74. The van der Waals surface area contributed by atoms with E-state index in [-0.39, 0.29) is 19.5 Å². The second kappa shape index (κ2) is 8.35. The normalized spacial score (nSPS) is 9.86. The maximum Gasteiger partial charge on any atom is 0.315 e. The van der Waals surface area contributed by atoms with E-state index >= 15 is 0 Å². The molecular formula is C13H17BrN2O5. The molecule has 2 amide bonds. The van der Waals surface area contributed by atoms with E-state index in [0.717, 1.165) is 5.56 Å². The van der Waals surface area contributed by atoms with Crippen LogP contribution < -0.4 is 20.1 Å². The van der Waals surface area contributed by atoms with E-state index in [0.29, 0.717) is 16.0 Å². The van der Waals surface area contributed by atoms with Gasteiger partial charge >= 0.3 is 12.0 Å². The minimum atomic E-state index is -0.959. The molecule has 0 heterocycles. The van der Waals surface area contributed by atoms with Gasteiger partial charge in [0.05, 0.1) is 25.1 Å². The summed E-state index contributed by atoms with van der Waals surface area (Å²) in [7, 11) is 3.07. The van der Waals surface area contributed by atoms with Crippen molar-refractivity contribution in [1.82, 2.24) is 10.6 Å². The first-order valence-corrected chi connectivity index (χ1v) is 6.91. The van der Waals surface area contributed by atoms with E-state index < -0.39 is 12.0 Å². The van der Waals surface area contributed by atoms with Crippen LogP contribution in [-0.4, -0.2) is 37.9 Å². The number of carboxylic acid groups (broad SMARTS) is 1. The third kappa shape index (κ3) is 5.50. The summed E-state index contributed by atoms with van der Waals surface area (Å²) < 4.78 is 11.1. The highest BCUT2D eigenvalue weighted by Crippen LogP contribution is 2.36. The number of benzene rings is 1. The number of hydrogen-bond acceptors (Lipinski definition) is 4. The van der Waals surface area contributed by atoms with Gasteiger partial charge in [-0.3, -0.25) is 4.79 Å². The second-order valence-corrected chi connectivity index (χ2v) is 4.92. The zero-order valence-electron chi connectivity index (χ0n) is 11.7. The number of nitrogens with one attached hydrogen (secondary N) is 2. The van der Waals surface area contributed by atoms with Gasteiger partial charge in [0.1, 0.15) is 0 Å². The highest BCUT2D eigenvalue weighted by atomic mass is 79.9. The molecule has 0 bridgehead atoms. The van der Waals surface area contributed by atoms with Gasteiger partial charge < -0.3 is 25.2 Å². The molecule has 0 aromatic heterocycles. The van der Waals surface area contributed by atoms with Crippen molar-refractivity contribution in [3.8, 4) is 11.5 Å². The number of ether oxygens (including phenoxy) is 2. The Morgan fingerprint density at radius 3 is 2.52 bits per heavy atom. The number of carboxylic acids is 1. The Kier molecular flexibility index (Phi) is 6.80. The van der Waals surface area contributed by atoms with Gasteiger partial charge in [0.25, 0.3) is 0 Å². The van der Waals surface area contributed by atoms with E-state index in [4.69, 9.17) is 14.6 Å². The number of carbonyl (C=O) groups excluding carboxylic acids is 1. The molecule has 0 radical (unpaired) electrons. The molecule has 0 unspecified atom stereocenters. The summed E-state index contributed by atoms with van der Waals surface area (Å²) in [5.74, 6) is 0.168. The molecule has 3 N–H and O–H groups in total. The second-order valence-electron chi connectivity index (χ2n) is 4.07. The fourth-order valence-corrected chi connectivity index (χ4v) is 2.25. The lowest BCUT2D eigenvalue weighted by Crippen LogP contribution is -2.36. The van der Waals surface area contributed by atoms with Crippen LogP contribution in [0.4, 0.5) is 4.79 Å². The van der Waals surface area contributed by atoms with Gasteiger partial charge in [0.2, 0.25) is 0 Å². The lowest BCUT2D eigenvalue weighted by molar-refractivity contribution is -0.136. The smallest absolute Gasteiger partial charge is 0.315 e. The molecule has 0 atom stereocenters. The minimum Gasteiger partial charge on any atom is -0.493 e. The molecule has 116 valence electrons. The zero-order valence-corrected chi connectivity index (χ0v) is 13.3. The molecule has 0 saturated carbocycles. The summed E-state index contributed by atoms with van der Waals surface area (Å²) in [5.41, 5.74) is 0.813. The zero-order chi connectivity index (χ0) is 15.8. The standard InChI is InChI=1S/C13H17BrN2O5/c1-20-10-6-8(5-9(14)12(10)21-2)7-16-13(19)15-4-3-11(17)18/h5-6H,3-4,7H2,1-2H3,(H,17,18)(H2,15,16,19). The molecular weight excluding hydrogens is 344 g/mol. The third-order valence-electron chi connectivity index (χ3n) is 2.57. The summed E-state index contributed by atoms with van der Waals surface area (Å²) in [6, 6.07) is 3.13. The van der Waals surface area contributed by atoms with Gasteiger partial charge in [0.15, 0.2) is 11.5 Å². The van der Waals surface area contributed by atoms with Crippen molar-refractivity contribution in [2.45, 2.75) is 13.0 Å². The van der Waals surface area contributed by atoms with Crippen LogP contribution in [0, 0.1) is 0 Å². The monoisotopic (exact) mass is 360 g/mol. The Bertz CT molecular complexity index is 522. The van der Waals surface area contributed by atoms with Crippen molar-refractivity contribution in [2.24, 2.45) is 0 Å². The maximum absolute atomic E-state index is 11.5. The van der Waals surface area contributed by atoms with Crippen molar-refractivity contribution in [3.63, 3.8) is 0 Å². The molecule has 1 aromatic rings. The number of carbonyl (C=O) groups is 2. The van der Waals surface area contributed by atoms with Crippen molar-refractivity contribution in [2.75, 3.05) is 20.8 Å². The van der Waals surface area contributed by atoms with Crippen molar-refractivity contribution >= 4 is 27.9 Å². The summed E-state index contributed by atoms with van der Waals surface area (Å²) in [4.78, 5) is 21.8. The number of methoxy groups -OCH3 is 2. The molecule has 1 aromatic carbocycles. The van der Waals surface area contributed by atoms with Gasteiger partial charge in [-0.1, -0.05) is 0 Å². The van der Waals surface area contributed by atoms with Crippen LogP contribution in [-0.2, 0) is 11.3 Å². The van der Waals surface area contributed by atoms with Crippen LogP contribution >= 0.6 is 15.9 Å². The molecule has 0 aliphatic heterocycles. The number of amides is 2. The number of hydrogen-bond donors (Lipinski definition) is 3. The summed E-state index contributed by atoms with van der Waals surface area (Å²) in [6.45, 7) is 0.356. The maximum atomic E-state index is 11.5. The van der Waals surface area contributed by atoms with E-state index in [2.05, 4.69) is 26.6 Å². The van der Waals surface area contributed by atoms with Gasteiger partial charge in [0, 0.05) is 13.1 Å². The lowest BCUT2D eigenvalue weighted by Gasteiger charge is -2.12. The average Bonchev–Trinajstić information content (AvgIpc) is 2.44. The molecule has 21 heavy (non-hydrogen) atoms. The third-order valence-corrected chi connectivity index (χ3v) is 3.16. The van der Waals surface area contributed by atoms with Crippen LogP contribution in [0.1, 0.15) is 12.0 Å². The van der Waals surface area contributed by atoms with E-state index in [1.54, 1.807) is 12.1 Å². The van der Waals surface area contributed by atoms with Crippen LogP contribution in [0.5, 0.6) is 11.5 Å². The summed E-state index contributed by atoms with van der Waals surface area (Å²) in [6.07, 6.45) is -0.116. The topological polar surface area (TPSA) is 96.9 Å². The molecule has 0 saturated heterocycles. The van der Waals surface area contributed by atoms with E-state index in [1.165, 1.54) is 14.2 Å². The van der Waals surface area contributed by atoms with E-state index in [9.17, 15) is 9.59 Å². The highest BCUT2D eigenvalue weighted by molar-refractivity contribution is 9.10. The van der Waals surface area contributed by atoms with Gasteiger partial charge in [-0.25, -0.2) is 4.79 Å². The van der Waals surface area contributed by atoms with Crippen LogP contribution in [0.2, 0.25) is 0 Å². The van der Waals surface area contributed by atoms with Crippen LogP contribution in [0.15, 0.2) is 16.6 Å². The van der Waals surface area contributed by atoms with Gasteiger partial charge in [-0.15, -0.1) is 0 Å². The first-order chi connectivity index (χ1) is 9.97. The number of rotatable bonds is 7. The molecule has 1 rings (SSSR count). The van der Waals surface area contributed by atoms with Crippen molar-refractivity contribution in [3.05, 3.63) is 22.2 Å². The molecule has 0 spiro atoms. The Labute approximate surface area is 130 Å². The van der Waals surface area contributed by atoms with Crippen LogP contribution in [0.25, 0.3) is 0 Å². The Morgan fingerprint density at radius 1 is 1.24 bits per heavy atom. The Morgan fingerprint density at radius 2 is 1.95 bits per heavy atom. The predicted molar refractivity (Wildman–Crippen MR) is 79.7 cm³/mol. The number of urea groups is 1. The largest absolute Gasteiger partial charge is 0.493 e. The van der Waals surface area contributed by atoms with Gasteiger partial charge in [-0.05, 0) is 33.6 Å². The number of halogens is 1. The highest BCUT2D eigenvalue weighted by Gasteiger charge is 2.11. The summed E-state index contributed by atoms with van der Waals surface area (Å²) in [5, 5.41) is 13.5. The fraction of sp³-hybridized carbons (Fsp3) is 0.385. The van der Waals surface area contributed by atoms with Crippen molar-refractivity contribution < 1.29 is 24.2 Å². The van der Waals surface area contributed by atoms with Crippen molar-refractivity contribution in [1.29, 1.82) is 0 Å². The minimum absolute atomic E-state index is 0.0802. The average molecular weight is 361 g/mol. The van der Waals surface area contributed by atoms with Crippen LogP contribution in [0.3, 0.4) is 0 Å². The Hall–Kier alpha value is -1.96.